The topological polar surface area (TPSA) is 88.4 Å². The molecule has 1 amide bonds. The van der Waals surface area contributed by atoms with Crippen LogP contribution in [-0.4, -0.2) is 42.0 Å². The molecule has 4 rings (SSSR count). The lowest BCUT2D eigenvalue weighted by Crippen LogP contribution is -2.35. The molecule has 27 heavy (non-hydrogen) atoms. The molecule has 6 heteroatoms. The van der Waals surface area contributed by atoms with Crippen molar-refractivity contribution >= 4 is 5.91 Å². The summed E-state index contributed by atoms with van der Waals surface area (Å²) in [5, 5.41) is 0. The first-order chi connectivity index (χ1) is 13.1. The van der Waals surface area contributed by atoms with E-state index in [9.17, 15) is 9.59 Å². The number of rotatable bonds is 3. The van der Waals surface area contributed by atoms with Gasteiger partial charge in [0.25, 0.3) is 11.5 Å². The monoisotopic (exact) mass is 367 g/mol. The summed E-state index contributed by atoms with van der Waals surface area (Å²) in [6, 6.07) is 9.43. The summed E-state index contributed by atoms with van der Waals surface area (Å²) in [5.74, 6) is 0.617. The van der Waals surface area contributed by atoms with Gasteiger partial charge in [-0.15, -0.1) is 0 Å². The predicted molar refractivity (Wildman–Crippen MR) is 103 cm³/mol. The lowest BCUT2D eigenvalue weighted by Gasteiger charge is -2.19. The number of fused-ring (bicyclic) bond motifs is 1. The molecule has 142 valence electrons. The minimum absolute atomic E-state index is 0.0524. The van der Waals surface area contributed by atoms with Crippen LogP contribution in [0.5, 0.6) is 5.75 Å². The Morgan fingerprint density at radius 1 is 1.19 bits per heavy atom. The molecule has 3 N–H and O–H groups in total. The number of likely N-dealkylation sites (tertiary alicyclic amines) is 1. The molecule has 2 aliphatic rings. The van der Waals surface area contributed by atoms with Crippen molar-refractivity contribution in [3.05, 3.63) is 63.1 Å². The number of aryl methyl sites for hydroxylation is 2. The molecule has 1 aliphatic heterocycles. The highest BCUT2D eigenvalue weighted by atomic mass is 16.5. The Bertz CT molecular complexity index is 904. The zero-order chi connectivity index (χ0) is 19.0. The van der Waals surface area contributed by atoms with Crippen LogP contribution in [0, 0.1) is 0 Å². The van der Waals surface area contributed by atoms with Crippen molar-refractivity contribution in [1.29, 1.82) is 0 Å². The number of H-pyrrole nitrogens is 1. The number of hydrogen-bond donors (Lipinski definition) is 2. The third-order valence-electron chi connectivity index (χ3n) is 5.76. The van der Waals surface area contributed by atoms with Gasteiger partial charge < -0.3 is 20.4 Å². The molecule has 0 spiro atoms. The van der Waals surface area contributed by atoms with E-state index >= 15 is 0 Å². The quantitative estimate of drug-likeness (QED) is 0.866. The molecule has 0 unspecified atom stereocenters. The van der Waals surface area contributed by atoms with Crippen LogP contribution in [0.1, 0.15) is 45.9 Å². The second-order valence-electron chi connectivity index (χ2n) is 7.48. The van der Waals surface area contributed by atoms with Gasteiger partial charge in [0, 0.05) is 30.7 Å². The van der Waals surface area contributed by atoms with Crippen molar-refractivity contribution < 1.29 is 9.53 Å². The number of ether oxygens (including phenoxy) is 1. The van der Waals surface area contributed by atoms with E-state index in [1.807, 2.05) is 24.3 Å². The number of amides is 1. The first-order valence-electron chi connectivity index (χ1n) is 9.50. The highest BCUT2D eigenvalue weighted by Gasteiger charge is 2.35. The SMILES string of the molecule is COc1ccc([C@H]2CN(C(=O)c3cc4c([nH]c3=O)CCCC4)C[C@@H]2N)cc1. The van der Waals surface area contributed by atoms with Crippen LogP contribution in [-0.2, 0) is 12.8 Å². The highest BCUT2D eigenvalue weighted by molar-refractivity contribution is 5.94. The average molecular weight is 367 g/mol. The minimum Gasteiger partial charge on any atom is -0.497 e. The standard InChI is InChI=1S/C21H25N3O3/c1-27-15-8-6-13(7-9-15)17-11-24(12-18(17)22)21(26)16-10-14-4-2-3-5-19(14)23-20(16)25/h6-10,17-18H,2-5,11-12,22H2,1H3,(H,23,25)/t17-,18+/m1/s1. The largest absolute Gasteiger partial charge is 0.497 e. The van der Waals surface area contributed by atoms with Crippen molar-refractivity contribution in [3.63, 3.8) is 0 Å². The maximum absolute atomic E-state index is 13.0. The van der Waals surface area contributed by atoms with Crippen molar-refractivity contribution in [2.75, 3.05) is 20.2 Å². The number of nitrogens with two attached hydrogens (primary N) is 1. The lowest BCUT2D eigenvalue weighted by atomic mass is 9.94. The van der Waals surface area contributed by atoms with Crippen molar-refractivity contribution in [2.45, 2.75) is 37.6 Å². The molecule has 0 bridgehead atoms. The van der Waals surface area contributed by atoms with Gasteiger partial charge in [0.1, 0.15) is 11.3 Å². The van der Waals surface area contributed by atoms with Crippen molar-refractivity contribution in [1.82, 2.24) is 9.88 Å². The molecule has 6 nitrogen and oxygen atoms in total. The molecular weight excluding hydrogens is 342 g/mol. The summed E-state index contributed by atoms with van der Waals surface area (Å²) < 4.78 is 5.20. The van der Waals surface area contributed by atoms with Gasteiger partial charge in [-0.2, -0.15) is 0 Å². The summed E-state index contributed by atoms with van der Waals surface area (Å²) >= 11 is 0. The Kier molecular flexibility index (Phi) is 4.74. The number of nitrogens with zero attached hydrogens (tertiary/aromatic N) is 1. The molecule has 1 aromatic carbocycles. The normalized spacial score (nSPS) is 21.8. The van der Waals surface area contributed by atoms with Crippen molar-refractivity contribution in [3.8, 4) is 5.75 Å². The number of pyridine rings is 1. The maximum Gasteiger partial charge on any atom is 0.261 e. The smallest absolute Gasteiger partial charge is 0.261 e. The number of hydrogen-bond acceptors (Lipinski definition) is 4. The van der Waals surface area contributed by atoms with Gasteiger partial charge in [-0.05, 0) is 55.0 Å². The third-order valence-corrected chi connectivity index (χ3v) is 5.76. The molecule has 0 radical (unpaired) electrons. The maximum atomic E-state index is 13.0. The van der Waals surface area contributed by atoms with Gasteiger partial charge in [0.05, 0.1) is 7.11 Å². The molecule has 2 heterocycles. The average Bonchev–Trinajstić information content (AvgIpc) is 3.08. The van der Waals surface area contributed by atoms with Gasteiger partial charge in [0.2, 0.25) is 0 Å². The Morgan fingerprint density at radius 3 is 2.67 bits per heavy atom. The Labute approximate surface area is 158 Å². The molecule has 1 aliphatic carbocycles. The van der Waals surface area contributed by atoms with Crippen LogP contribution in [0.15, 0.2) is 35.1 Å². The molecule has 1 saturated heterocycles. The number of aromatic amines is 1. The number of methoxy groups -OCH3 is 1. The Balaban J connectivity index is 1.55. The van der Waals surface area contributed by atoms with E-state index in [0.717, 1.165) is 48.3 Å². The Morgan fingerprint density at radius 2 is 1.93 bits per heavy atom. The lowest BCUT2D eigenvalue weighted by molar-refractivity contribution is 0.0787. The minimum atomic E-state index is -0.290. The van der Waals surface area contributed by atoms with Crippen LogP contribution in [0.4, 0.5) is 0 Å². The van der Waals surface area contributed by atoms with Crippen LogP contribution in [0.3, 0.4) is 0 Å². The Hall–Kier alpha value is -2.60. The van der Waals surface area contributed by atoms with E-state index in [-0.39, 0.29) is 29.0 Å². The summed E-state index contributed by atoms with van der Waals surface area (Å²) in [4.78, 5) is 30.1. The number of carbonyl (C=O) groups is 1. The fraction of sp³-hybridized carbons (Fsp3) is 0.429. The first-order valence-corrected chi connectivity index (χ1v) is 9.50. The van der Waals surface area contributed by atoms with Crippen LogP contribution in [0.2, 0.25) is 0 Å². The summed E-state index contributed by atoms with van der Waals surface area (Å²) in [7, 11) is 1.63. The third kappa shape index (κ3) is 3.37. The molecule has 1 aromatic heterocycles. The van der Waals surface area contributed by atoms with E-state index < -0.39 is 0 Å². The second-order valence-corrected chi connectivity index (χ2v) is 7.48. The van der Waals surface area contributed by atoms with Gasteiger partial charge in [0.15, 0.2) is 0 Å². The second kappa shape index (κ2) is 7.19. The van der Waals surface area contributed by atoms with E-state index in [1.54, 1.807) is 18.1 Å². The van der Waals surface area contributed by atoms with Gasteiger partial charge >= 0.3 is 0 Å². The van der Waals surface area contributed by atoms with Crippen LogP contribution in [0.25, 0.3) is 0 Å². The molecule has 2 aromatic rings. The van der Waals surface area contributed by atoms with E-state index in [1.165, 1.54) is 0 Å². The predicted octanol–water partition coefficient (Wildman–Crippen LogP) is 1.83. The van der Waals surface area contributed by atoms with Crippen molar-refractivity contribution in [2.24, 2.45) is 5.73 Å². The molecule has 1 fully saturated rings. The fourth-order valence-electron chi connectivity index (χ4n) is 4.20. The highest BCUT2D eigenvalue weighted by Crippen LogP contribution is 2.29. The van der Waals surface area contributed by atoms with Gasteiger partial charge in [-0.3, -0.25) is 9.59 Å². The summed E-state index contributed by atoms with van der Waals surface area (Å²) in [6.45, 7) is 0.967. The molecule has 0 saturated carbocycles. The van der Waals surface area contributed by atoms with Crippen LogP contribution >= 0.6 is 0 Å². The van der Waals surface area contributed by atoms with E-state index in [0.29, 0.717) is 13.1 Å². The molecular formula is C21H25N3O3. The van der Waals surface area contributed by atoms with Gasteiger partial charge in [-0.25, -0.2) is 0 Å². The van der Waals surface area contributed by atoms with Crippen LogP contribution < -0.4 is 16.0 Å². The number of carbonyl (C=O) groups excluding carboxylic acids is 1. The summed E-state index contributed by atoms with van der Waals surface area (Å²) in [5.41, 5.74) is 9.43. The first kappa shape index (κ1) is 17.8. The summed E-state index contributed by atoms with van der Waals surface area (Å²) in [6.07, 6.45) is 3.98. The molecule has 2 atom stereocenters. The van der Waals surface area contributed by atoms with Gasteiger partial charge in [-0.1, -0.05) is 12.1 Å². The van der Waals surface area contributed by atoms with E-state index in [2.05, 4.69) is 4.98 Å². The number of nitrogens with one attached hydrogen (secondary N) is 1. The number of aromatic nitrogens is 1. The zero-order valence-corrected chi connectivity index (χ0v) is 15.5. The van der Waals surface area contributed by atoms with E-state index in [4.69, 9.17) is 10.5 Å². The fourth-order valence-corrected chi connectivity index (χ4v) is 4.20. The number of benzene rings is 1. The zero-order valence-electron chi connectivity index (χ0n) is 15.5.